The summed E-state index contributed by atoms with van der Waals surface area (Å²) in [6, 6.07) is 4.35. The predicted octanol–water partition coefficient (Wildman–Crippen LogP) is 2.16. The van der Waals surface area contributed by atoms with Crippen LogP contribution in [-0.4, -0.2) is 42.2 Å². The lowest BCUT2D eigenvalue weighted by atomic mass is 10.2. The number of nitro groups is 1. The smallest absolute Gasteiger partial charge is 0.321 e. The zero-order valence-electron chi connectivity index (χ0n) is 11.5. The van der Waals surface area contributed by atoms with Crippen LogP contribution in [0.5, 0.6) is 0 Å². The molecule has 1 aliphatic heterocycles. The van der Waals surface area contributed by atoms with E-state index in [0.717, 1.165) is 6.42 Å². The fraction of sp³-hybridized carbons (Fsp3) is 0.462. The second-order valence-corrected chi connectivity index (χ2v) is 4.82. The summed E-state index contributed by atoms with van der Waals surface area (Å²) in [5.74, 6) is 0. The fourth-order valence-corrected chi connectivity index (χ4v) is 2.14. The molecule has 1 saturated heterocycles. The second kappa shape index (κ2) is 5.87. The predicted molar refractivity (Wildman–Crippen MR) is 73.8 cm³/mol. The average molecular weight is 279 g/mol. The summed E-state index contributed by atoms with van der Waals surface area (Å²) in [6.45, 7) is 2.85. The monoisotopic (exact) mass is 279 g/mol. The molecule has 0 aromatic heterocycles. The molecule has 108 valence electrons. The number of nitrogens with one attached hydrogen (secondary N) is 1. The number of hydrogen-bond donors (Lipinski definition) is 1. The summed E-state index contributed by atoms with van der Waals surface area (Å²) in [7, 11) is 1.72. The molecule has 7 heteroatoms. The number of amides is 2. The van der Waals surface area contributed by atoms with Crippen molar-refractivity contribution in [2.75, 3.05) is 25.6 Å². The van der Waals surface area contributed by atoms with Crippen LogP contribution < -0.4 is 5.32 Å². The van der Waals surface area contributed by atoms with E-state index in [1.165, 1.54) is 12.1 Å². The number of benzene rings is 1. The number of rotatable bonds is 3. The minimum absolute atomic E-state index is 0.0422. The normalized spacial score (nSPS) is 17.8. The largest absolute Gasteiger partial charge is 0.379 e. The standard InChI is InChI=1S/C13H17N3O4/c1-9-7-10(3-4-12(9)16(18)19)14-13(17)15(2)11-5-6-20-8-11/h3-4,7,11H,5-6,8H2,1-2H3,(H,14,17). The van der Waals surface area contributed by atoms with Gasteiger partial charge in [0.05, 0.1) is 17.6 Å². The molecule has 2 amide bonds. The van der Waals surface area contributed by atoms with Crippen molar-refractivity contribution in [3.63, 3.8) is 0 Å². The van der Waals surface area contributed by atoms with Crippen molar-refractivity contribution >= 4 is 17.4 Å². The summed E-state index contributed by atoms with van der Waals surface area (Å²) in [4.78, 5) is 23.9. The molecule has 1 aliphatic rings. The Labute approximate surface area is 116 Å². The molecule has 1 unspecified atom stereocenters. The molecule has 7 nitrogen and oxygen atoms in total. The van der Waals surface area contributed by atoms with Gasteiger partial charge in [-0.25, -0.2) is 4.79 Å². The molecule has 2 rings (SSSR count). The van der Waals surface area contributed by atoms with Crippen LogP contribution in [0.15, 0.2) is 18.2 Å². The first-order valence-electron chi connectivity index (χ1n) is 6.35. The number of urea groups is 1. The quantitative estimate of drug-likeness (QED) is 0.678. The van der Waals surface area contributed by atoms with Gasteiger partial charge in [0.15, 0.2) is 0 Å². The van der Waals surface area contributed by atoms with Crippen LogP contribution >= 0.6 is 0 Å². The number of carbonyl (C=O) groups excluding carboxylic acids is 1. The van der Waals surface area contributed by atoms with E-state index in [0.29, 0.717) is 24.5 Å². The molecule has 0 spiro atoms. The third kappa shape index (κ3) is 3.05. The van der Waals surface area contributed by atoms with E-state index < -0.39 is 4.92 Å². The van der Waals surface area contributed by atoms with E-state index in [4.69, 9.17) is 4.74 Å². The van der Waals surface area contributed by atoms with Crippen LogP contribution in [0.4, 0.5) is 16.2 Å². The summed E-state index contributed by atoms with van der Waals surface area (Å²) < 4.78 is 5.24. The van der Waals surface area contributed by atoms with E-state index in [1.807, 2.05) is 0 Å². The SMILES string of the molecule is Cc1cc(NC(=O)N(C)C2CCOC2)ccc1[N+](=O)[O-]. The van der Waals surface area contributed by atoms with Crippen LogP contribution in [0.1, 0.15) is 12.0 Å². The maximum Gasteiger partial charge on any atom is 0.321 e. The van der Waals surface area contributed by atoms with Crippen molar-refractivity contribution in [2.45, 2.75) is 19.4 Å². The van der Waals surface area contributed by atoms with Gasteiger partial charge in [-0.05, 0) is 25.5 Å². The number of likely N-dealkylation sites (N-methyl/N-ethyl adjacent to an activating group) is 1. The van der Waals surface area contributed by atoms with Gasteiger partial charge < -0.3 is 15.0 Å². The van der Waals surface area contributed by atoms with Gasteiger partial charge in [-0.15, -0.1) is 0 Å². The van der Waals surface area contributed by atoms with E-state index in [2.05, 4.69) is 5.32 Å². The van der Waals surface area contributed by atoms with Gasteiger partial charge >= 0.3 is 6.03 Å². The molecule has 0 radical (unpaired) electrons. The number of nitro benzene ring substituents is 1. The van der Waals surface area contributed by atoms with Gasteiger partial charge in [-0.2, -0.15) is 0 Å². The van der Waals surface area contributed by atoms with Crippen molar-refractivity contribution in [1.82, 2.24) is 4.90 Å². The van der Waals surface area contributed by atoms with Crippen LogP contribution in [0.2, 0.25) is 0 Å². The summed E-state index contributed by atoms with van der Waals surface area (Å²) in [5.41, 5.74) is 1.10. The molecule has 1 N–H and O–H groups in total. The molecular weight excluding hydrogens is 262 g/mol. The van der Waals surface area contributed by atoms with E-state index in [-0.39, 0.29) is 17.8 Å². The highest BCUT2D eigenvalue weighted by atomic mass is 16.6. The fourth-order valence-electron chi connectivity index (χ4n) is 2.14. The number of aryl methyl sites for hydroxylation is 1. The maximum atomic E-state index is 12.1. The van der Waals surface area contributed by atoms with Crippen molar-refractivity contribution in [3.8, 4) is 0 Å². The molecule has 0 aliphatic carbocycles. The minimum Gasteiger partial charge on any atom is -0.379 e. The van der Waals surface area contributed by atoms with E-state index in [9.17, 15) is 14.9 Å². The van der Waals surface area contributed by atoms with Crippen molar-refractivity contribution in [3.05, 3.63) is 33.9 Å². The van der Waals surface area contributed by atoms with Crippen molar-refractivity contribution < 1.29 is 14.5 Å². The molecule has 0 bridgehead atoms. The van der Waals surface area contributed by atoms with Crippen LogP contribution in [0, 0.1) is 17.0 Å². The van der Waals surface area contributed by atoms with Gasteiger partial charge in [0.2, 0.25) is 0 Å². The Morgan fingerprint density at radius 2 is 2.30 bits per heavy atom. The van der Waals surface area contributed by atoms with Gasteiger partial charge in [-0.1, -0.05) is 0 Å². The third-order valence-electron chi connectivity index (χ3n) is 3.42. The molecule has 1 aromatic carbocycles. The zero-order chi connectivity index (χ0) is 14.7. The molecule has 1 fully saturated rings. The Hall–Kier alpha value is -2.15. The first-order chi connectivity index (χ1) is 9.49. The van der Waals surface area contributed by atoms with Gasteiger partial charge in [-0.3, -0.25) is 10.1 Å². The van der Waals surface area contributed by atoms with Crippen molar-refractivity contribution in [2.24, 2.45) is 0 Å². The summed E-state index contributed by atoms with van der Waals surface area (Å²) in [6.07, 6.45) is 0.823. The van der Waals surface area contributed by atoms with Crippen LogP contribution in [-0.2, 0) is 4.74 Å². The number of anilines is 1. The summed E-state index contributed by atoms with van der Waals surface area (Å²) in [5, 5.41) is 13.5. The minimum atomic E-state index is -0.442. The molecule has 1 aromatic rings. The molecule has 1 heterocycles. The lowest BCUT2D eigenvalue weighted by Gasteiger charge is -2.23. The van der Waals surface area contributed by atoms with E-state index >= 15 is 0 Å². The second-order valence-electron chi connectivity index (χ2n) is 4.82. The number of ether oxygens (including phenoxy) is 1. The number of nitrogens with zero attached hydrogens (tertiary/aromatic N) is 2. The van der Waals surface area contributed by atoms with Crippen LogP contribution in [0.3, 0.4) is 0 Å². The van der Waals surface area contributed by atoms with Gasteiger partial charge in [0.1, 0.15) is 0 Å². The third-order valence-corrected chi connectivity index (χ3v) is 3.42. The molecular formula is C13H17N3O4. The molecule has 0 saturated carbocycles. The van der Waals surface area contributed by atoms with Gasteiger partial charge in [0.25, 0.3) is 5.69 Å². The number of hydrogen-bond acceptors (Lipinski definition) is 4. The Morgan fingerprint density at radius 3 is 2.85 bits per heavy atom. The molecule has 20 heavy (non-hydrogen) atoms. The number of carbonyl (C=O) groups is 1. The average Bonchev–Trinajstić information content (AvgIpc) is 2.91. The zero-order valence-corrected chi connectivity index (χ0v) is 11.5. The first kappa shape index (κ1) is 14.3. The lowest BCUT2D eigenvalue weighted by molar-refractivity contribution is -0.385. The van der Waals surface area contributed by atoms with E-state index in [1.54, 1.807) is 24.9 Å². The maximum absolute atomic E-state index is 12.1. The Bertz CT molecular complexity index is 526. The highest BCUT2D eigenvalue weighted by Gasteiger charge is 2.24. The Morgan fingerprint density at radius 1 is 1.55 bits per heavy atom. The molecule has 1 atom stereocenters. The van der Waals surface area contributed by atoms with Crippen molar-refractivity contribution in [1.29, 1.82) is 0 Å². The lowest BCUT2D eigenvalue weighted by Crippen LogP contribution is -2.40. The summed E-state index contributed by atoms with van der Waals surface area (Å²) >= 11 is 0. The Balaban J connectivity index is 2.04. The first-order valence-corrected chi connectivity index (χ1v) is 6.35. The highest BCUT2D eigenvalue weighted by molar-refractivity contribution is 5.89. The topological polar surface area (TPSA) is 84.7 Å². The Kier molecular flexibility index (Phi) is 4.19. The highest BCUT2D eigenvalue weighted by Crippen LogP contribution is 2.22. The van der Waals surface area contributed by atoms with Gasteiger partial charge in [0, 0.05) is 31.0 Å². The van der Waals surface area contributed by atoms with Crippen LogP contribution in [0.25, 0.3) is 0 Å².